The molecule has 152 valence electrons. The van der Waals surface area contributed by atoms with Crippen LogP contribution in [0.2, 0.25) is 0 Å². The summed E-state index contributed by atoms with van der Waals surface area (Å²) in [7, 11) is -0.739. The number of hydrogen-bond donors (Lipinski definition) is 2. The molecule has 1 saturated carbocycles. The van der Waals surface area contributed by atoms with E-state index in [1.807, 2.05) is 20.8 Å². The van der Waals surface area contributed by atoms with Gasteiger partial charge in [0.2, 0.25) is 0 Å². The fourth-order valence-corrected chi connectivity index (χ4v) is 4.64. The summed E-state index contributed by atoms with van der Waals surface area (Å²) < 4.78 is 31.1. The van der Waals surface area contributed by atoms with Gasteiger partial charge in [-0.3, -0.25) is 4.21 Å². The number of halogens is 1. The van der Waals surface area contributed by atoms with E-state index >= 15 is 0 Å². The van der Waals surface area contributed by atoms with E-state index in [1.165, 1.54) is 12.1 Å². The van der Waals surface area contributed by atoms with Crippen LogP contribution in [0, 0.1) is 5.82 Å². The highest BCUT2D eigenvalue weighted by atomic mass is 32.2. The highest BCUT2D eigenvalue weighted by molar-refractivity contribution is 7.85. The molecule has 4 atom stereocenters. The standard InChI is InChI=1S/C20H32FN3O2S/c1-4-22-20(24-17-9-7-11-19(13-17)27(25)5-2)23-14-15(3)26-18-10-6-8-16(21)12-18/h6,8,10,12,15,17,19H,4-5,7,9,11,13-14H2,1-3H3,(H2,22,23,24). The van der Waals surface area contributed by atoms with Crippen LogP contribution in [-0.2, 0) is 10.8 Å². The Morgan fingerprint density at radius 2 is 2.22 bits per heavy atom. The topological polar surface area (TPSA) is 62.7 Å². The molecule has 0 heterocycles. The minimum absolute atomic E-state index is 0.172. The van der Waals surface area contributed by atoms with Gasteiger partial charge in [0.15, 0.2) is 5.96 Å². The van der Waals surface area contributed by atoms with E-state index in [1.54, 1.807) is 12.1 Å². The molecule has 0 aromatic heterocycles. The minimum atomic E-state index is -0.739. The summed E-state index contributed by atoms with van der Waals surface area (Å²) in [5, 5.41) is 7.02. The van der Waals surface area contributed by atoms with Crippen molar-refractivity contribution in [3.63, 3.8) is 0 Å². The van der Waals surface area contributed by atoms with Crippen LogP contribution in [-0.4, -0.2) is 46.4 Å². The number of rotatable bonds is 8. The summed E-state index contributed by atoms with van der Waals surface area (Å²) in [6, 6.07) is 6.43. The predicted octanol–water partition coefficient (Wildman–Crippen LogP) is 3.23. The summed E-state index contributed by atoms with van der Waals surface area (Å²) in [6.45, 7) is 7.16. The number of nitrogens with one attached hydrogen (secondary N) is 2. The molecule has 1 aromatic rings. The highest BCUT2D eigenvalue weighted by Crippen LogP contribution is 2.23. The normalized spacial score (nSPS) is 22.7. The molecule has 1 aromatic carbocycles. The van der Waals surface area contributed by atoms with Gasteiger partial charge in [0.1, 0.15) is 17.7 Å². The van der Waals surface area contributed by atoms with E-state index in [9.17, 15) is 8.60 Å². The van der Waals surface area contributed by atoms with Crippen molar-refractivity contribution in [3.8, 4) is 5.75 Å². The molecule has 0 amide bonds. The average Bonchev–Trinajstić information content (AvgIpc) is 2.66. The summed E-state index contributed by atoms with van der Waals surface area (Å²) in [5.74, 6) is 1.67. The number of guanidine groups is 1. The molecule has 0 spiro atoms. The molecule has 4 unspecified atom stereocenters. The van der Waals surface area contributed by atoms with Crippen LogP contribution in [0.15, 0.2) is 29.3 Å². The number of nitrogens with zero attached hydrogens (tertiary/aromatic N) is 1. The van der Waals surface area contributed by atoms with Crippen LogP contribution in [0.5, 0.6) is 5.75 Å². The Bertz CT molecular complexity index is 641. The average molecular weight is 398 g/mol. The third-order valence-corrected chi connectivity index (χ3v) is 6.35. The Morgan fingerprint density at radius 3 is 2.93 bits per heavy atom. The molecule has 0 radical (unpaired) electrons. The Kier molecular flexibility index (Phi) is 9.04. The second kappa shape index (κ2) is 11.3. The maximum Gasteiger partial charge on any atom is 0.191 e. The Balaban J connectivity index is 1.90. The third kappa shape index (κ3) is 7.48. The van der Waals surface area contributed by atoms with Gasteiger partial charge >= 0.3 is 0 Å². The molecule has 1 aliphatic rings. The van der Waals surface area contributed by atoms with Crippen molar-refractivity contribution in [1.82, 2.24) is 10.6 Å². The lowest BCUT2D eigenvalue weighted by Crippen LogP contribution is -2.47. The van der Waals surface area contributed by atoms with Gasteiger partial charge < -0.3 is 15.4 Å². The maximum absolute atomic E-state index is 13.3. The number of benzene rings is 1. The van der Waals surface area contributed by atoms with E-state index in [4.69, 9.17) is 4.74 Å². The maximum atomic E-state index is 13.3. The van der Waals surface area contributed by atoms with Gasteiger partial charge in [-0.15, -0.1) is 0 Å². The zero-order chi connectivity index (χ0) is 19.6. The van der Waals surface area contributed by atoms with Crippen LogP contribution in [0.25, 0.3) is 0 Å². The second-order valence-corrected chi connectivity index (χ2v) is 8.91. The van der Waals surface area contributed by atoms with Crippen LogP contribution >= 0.6 is 0 Å². The summed E-state index contributed by atoms with van der Waals surface area (Å²) in [4.78, 5) is 4.62. The lowest BCUT2D eigenvalue weighted by atomic mass is 9.95. The van der Waals surface area contributed by atoms with Crippen LogP contribution in [0.3, 0.4) is 0 Å². The predicted molar refractivity (Wildman–Crippen MR) is 110 cm³/mol. The SMILES string of the molecule is CCNC(=NCC(C)Oc1cccc(F)c1)NC1CCCC(S(=O)CC)C1. The van der Waals surface area contributed by atoms with Gasteiger partial charge in [-0.1, -0.05) is 19.4 Å². The van der Waals surface area contributed by atoms with Crippen molar-refractivity contribution in [1.29, 1.82) is 0 Å². The first kappa shape index (κ1) is 21.7. The minimum Gasteiger partial charge on any atom is -0.489 e. The monoisotopic (exact) mass is 397 g/mol. The molecule has 0 aliphatic heterocycles. The summed E-state index contributed by atoms with van der Waals surface area (Å²) in [5.41, 5.74) is 0. The Morgan fingerprint density at radius 1 is 1.41 bits per heavy atom. The number of hydrogen-bond acceptors (Lipinski definition) is 3. The fraction of sp³-hybridized carbons (Fsp3) is 0.650. The lowest BCUT2D eigenvalue weighted by Gasteiger charge is -2.30. The Hall–Kier alpha value is -1.63. The first-order chi connectivity index (χ1) is 13.0. The molecule has 1 fully saturated rings. The van der Waals surface area contributed by atoms with Gasteiger partial charge in [-0.05, 0) is 45.2 Å². The molecule has 0 saturated heterocycles. The van der Waals surface area contributed by atoms with Crippen molar-refractivity contribution in [2.45, 2.75) is 63.9 Å². The molecule has 5 nitrogen and oxygen atoms in total. The first-order valence-corrected chi connectivity index (χ1v) is 11.2. The van der Waals surface area contributed by atoms with E-state index in [-0.39, 0.29) is 23.2 Å². The van der Waals surface area contributed by atoms with E-state index in [0.29, 0.717) is 12.3 Å². The first-order valence-electron chi connectivity index (χ1n) is 9.86. The molecular weight excluding hydrogens is 365 g/mol. The molecule has 27 heavy (non-hydrogen) atoms. The smallest absolute Gasteiger partial charge is 0.191 e. The third-order valence-electron chi connectivity index (χ3n) is 4.61. The van der Waals surface area contributed by atoms with Crippen molar-refractivity contribution >= 4 is 16.8 Å². The van der Waals surface area contributed by atoms with E-state index in [0.717, 1.165) is 43.9 Å². The summed E-state index contributed by atoms with van der Waals surface area (Å²) >= 11 is 0. The quantitative estimate of drug-likeness (QED) is 0.522. The van der Waals surface area contributed by atoms with E-state index < -0.39 is 10.8 Å². The molecule has 2 N–H and O–H groups in total. The second-order valence-electron chi connectivity index (χ2n) is 6.90. The van der Waals surface area contributed by atoms with Gasteiger partial charge in [0.25, 0.3) is 0 Å². The fourth-order valence-electron chi connectivity index (χ4n) is 3.29. The van der Waals surface area contributed by atoms with Crippen LogP contribution < -0.4 is 15.4 Å². The van der Waals surface area contributed by atoms with Gasteiger partial charge in [0.05, 0.1) is 6.54 Å². The zero-order valence-electron chi connectivity index (χ0n) is 16.5. The van der Waals surface area contributed by atoms with Crippen molar-refractivity contribution in [2.24, 2.45) is 4.99 Å². The van der Waals surface area contributed by atoms with Crippen molar-refractivity contribution in [3.05, 3.63) is 30.1 Å². The molecule has 2 rings (SSSR count). The molecular formula is C20H32FN3O2S. The van der Waals surface area contributed by atoms with E-state index in [2.05, 4.69) is 15.6 Å². The number of aliphatic imine (C=N–C) groups is 1. The lowest BCUT2D eigenvalue weighted by molar-refractivity contribution is 0.229. The molecule has 7 heteroatoms. The number of ether oxygens (including phenoxy) is 1. The van der Waals surface area contributed by atoms with Gasteiger partial charge in [-0.25, -0.2) is 9.38 Å². The largest absolute Gasteiger partial charge is 0.489 e. The van der Waals surface area contributed by atoms with Gasteiger partial charge in [-0.2, -0.15) is 0 Å². The van der Waals surface area contributed by atoms with Crippen LogP contribution in [0.1, 0.15) is 46.5 Å². The summed E-state index contributed by atoms with van der Waals surface area (Å²) in [6.07, 6.45) is 3.95. The van der Waals surface area contributed by atoms with Crippen molar-refractivity contribution < 1.29 is 13.3 Å². The van der Waals surface area contributed by atoms with Gasteiger partial charge in [0, 0.05) is 40.5 Å². The molecule has 1 aliphatic carbocycles. The van der Waals surface area contributed by atoms with Crippen molar-refractivity contribution in [2.75, 3.05) is 18.8 Å². The van der Waals surface area contributed by atoms with Crippen LogP contribution in [0.4, 0.5) is 4.39 Å². The Labute approximate surface area is 164 Å². The molecule has 0 bridgehead atoms. The highest BCUT2D eigenvalue weighted by Gasteiger charge is 2.26. The zero-order valence-corrected chi connectivity index (χ0v) is 17.4.